The smallest absolute Gasteiger partial charge is 0.249 e. The molecule has 0 radical (unpaired) electrons. The number of rotatable bonds is 2. The Morgan fingerprint density at radius 2 is 1.83 bits per heavy atom. The first-order valence-electron chi connectivity index (χ1n) is 5.04. The molecule has 0 saturated heterocycles. The summed E-state index contributed by atoms with van der Waals surface area (Å²) < 4.78 is 0.806. The van der Waals surface area contributed by atoms with Crippen LogP contribution in [-0.2, 0) is 0 Å². The number of primary amides is 1. The molecule has 2 rings (SSSR count). The molecule has 1 amide bonds. The van der Waals surface area contributed by atoms with Gasteiger partial charge in [0.25, 0.3) is 0 Å². The standard InChI is InChI=1S/C13H8Cl2INO/c14-10-5-4-7(6-11(10)15)8-2-1-3-9(12(8)16)13(17)18/h1-6H,(H2,17,18). The van der Waals surface area contributed by atoms with E-state index in [1.807, 2.05) is 12.1 Å². The number of nitrogens with two attached hydrogens (primary N) is 1. The molecule has 2 aromatic carbocycles. The maximum Gasteiger partial charge on any atom is 0.249 e. The van der Waals surface area contributed by atoms with Gasteiger partial charge in [0, 0.05) is 3.57 Å². The van der Waals surface area contributed by atoms with Gasteiger partial charge in [-0.1, -0.05) is 41.4 Å². The predicted octanol–water partition coefficient (Wildman–Crippen LogP) is 4.36. The van der Waals surface area contributed by atoms with E-state index in [4.69, 9.17) is 28.9 Å². The molecule has 2 nitrogen and oxygen atoms in total. The average molecular weight is 392 g/mol. The van der Waals surface area contributed by atoms with Crippen molar-refractivity contribution in [2.45, 2.75) is 0 Å². The molecule has 0 aromatic heterocycles. The summed E-state index contributed by atoms with van der Waals surface area (Å²) in [4.78, 5) is 11.3. The molecule has 92 valence electrons. The predicted molar refractivity (Wildman–Crippen MR) is 83.1 cm³/mol. The van der Waals surface area contributed by atoms with Crippen LogP contribution in [0.4, 0.5) is 0 Å². The lowest BCUT2D eigenvalue weighted by atomic mass is 10.0. The molecule has 0 saturated carbocycles. The van der Waals surface area contributed by atoms with Crippen LogP contribution in [0.1, 0.15) is 10.4 Å². The Morgan fingerprint density at radius 1 is 1.11 bits per heavy atom. The molecule has 0 heterocycles. The van der Waals surface area contributed by atoms with Gasteiger partial charge in [0.05, 0.1) is 15.6 Å². The molecule has 0 aliphatic carbocycles. The molecule has 18 heavy (non-hydrogen) atoms. The second-order valence-corrected chi connectivity index (χ2v) is 5.55. The topological polar surface area (TPSA) is 43.1 Å². The fourth-order valence-electron chi connectivity index (χ4n) is 1.61. The van der Waals surface area contributed by atoms with Crippen molar-refractivity contribution in [2.24, 2.45) is 5.73 Å². The lowest BCUT2D eigenvalue weighted by Gasteiger charge is -2.09. The first-order valence-corrected chi connectivity index (χ1v) is 6.88. The van der Waals surface area contributed by atoms with E-state index >= 15 is 0 Å². The first kappa shape index (κ1) is 13.6. The Balaban J connectivity index is 2.60. The minimum Gasteiger partial charge on any atom is -0.366 e. The van der Waals surface area contributed by atoms with Gasteiger partial charge >= 0.3 is 0 Å². The zero-order chi connectivity index (χ0) is 13.3. The van der Waals surface area contributed by atoms with E-state index in [2.05, 4.69) is 22.6 Å². The number of hydrogen-bond acceptors (Lipinski definition) is 1. The lowest BCUT2D eigenvalue weighted by molar-refractivity contribution is 0.0999. The van der Waals surface area contributed by atoms with Gasteiger partial charge in [-0.3, -0.25) is 4.79 Å². The number of benzene rings is 2. The summed E-state index contributed by atoms with van der Waals surface area (Å²) in [5.74, 6) is -0.443. The van der Waals surface area contributed by atoms with Gasteiger partial charge < -0.3 is 5.73 Å². The number of amides is 1. The SMILES string of the molecule is NC(=O)c1cccc(-c2ccc(Cl)c(Cl)c2)c1I. The Kier molecular flexibility index (Phi) is 4.14. The van der Waals surface area contributed by atoms with Crippen molar-refractivity contribution in [3.63, 3.8) is 0 Å². The molecule has 0 spiro atoms. The van der Waals surface area contributed by atoms with Crippen molar-refractivity contribution in [1.82, 2.24) is 0 Å². The summed E-state index contributed by atoms with van der Waals surface area (Å²) in [6.07, 6.45) is 0. The summed E-state index contributed by atoms with van der Waals surface area (Å²) in [5.41, 5.74) is 7.63. The highest BCUT2D eigenvalue weighted by molar-refractivity contribution is 14.1. The quantitative estimate of drug-likeness (QED) is 0.759. The number of carbonyl (C=O) groups is 1. The second-order valence-electron chi connectivity index (χ2n) is 3.66. The van der Waals surface area contributed by atoms with E-state index in [0.717, 1.165) is 14.7 Å². The highest BCUT2D eigenvalue weighted by atomic mass is 127. The minimum atomic E-state index is -0.443. The van der Waals surface area contributed by atoms with Gasteiger partial charge in [-0.25, -0.2) is 0 Å². The monoisotopic (exact) mass is 391 g/mol. The summed E-state index contributed by atoms with van der Waals surface area (Å²) >= 11 is 14.0. The molecule has 0 aliphatic rings. The second kappa shape index (κ2) is 5.47. The molecule has 0 atom stereocenters. The van der Waals surface area contributed by atoms with Gasteiger partial charge in [0.15, 0.2) is 0 Å². The van der Waals surface area contributed by atoms with Gasteiger partial charge in [-0.2, -0.15) is 0 Å². The van der Waals surface area contributed by atoms with Gasteiger partial charge in [0.2, 0.25) is 5.91 Å². The molecular formula is C13H8Cl2INO. The summed E-state index contributed by atoms with van der Waals surface area (Å²) in [6.45, 7) is 0. The Hall–Kier alpha value is -0.780. The van der Waals surface area contributed by atoms with Crippen LogP contribution in [0.15, 0.2) is 36.4 Å². The zero-order valence-electron chi connectivity index (χ0n) is 9.08. The molecular weight excluding hydrogens is 384 g/mol. The van der Waals surface area contributed by atoms with E-state index in [-0.39, 0.29) is 0 Å². The maximum atomic E-state index is 11.3. The van der Waals surface area contributed by atoms with Crippen LogP contribution in [0.2, 0.25) is 10.0 Å². The summed E-state index contributed by atoms with van der Waals surface area (Å²) in [6, 6.07) is 10.8. The van der Waals surface area contributed by atoms with Crippen LogP contribution in [0.3, 0.4) is 0 Å². The number of carbonyl (C=O) groups excluding carboxylic acids is 1. The Labute approximate surface area is 128 Å². The average Bonchev–Trinajstić information content (AvgIpc) is 2.33. The van der Waals surface area contributed by atoms with Crippen LogP contribution in [0, 0.1) is 3.57 Å². The highest BCUT2D eigenvalue weighted by Crippen LogP contribution is 2.32. The molecule has 5 heteroatoms. The Morgan fingerprint density at radius 3 is 2.44 bits per heavy atom. The van der Waals surface area contributed by atoms with E-state index in [9.17, 15) is 4.79 Å². The van der Waals surface area contributed by atoms with Crippen molar-refractivity contribution in [2.75, 3.05) is 0 Å². The minimum absolute atomic E-state index is 0.443. The van der Waals surface area contributed by atoms with Gasteiger partial charge in [0.1, 0.15) is 0 Å². The third-order valence-electron chi connectivity index (χ3n) is 2.49. The van der Waals surface area contributed by atoms with Crippen molar-refractivity contribution in [1.29, 1.82) is 0 Å². The number of halogens is 3. The normalized spacial score (nSPS) is 10.4. The van der Waals surface area contributed by atoms with E-state index in [1.54, 1.807) is 24.3 Å². The van der Waals surface area contributed by atoms with Crippen LogP contribution in [0.5, 0.6) is 0 Å². The summed E-state index contributed by atoms with van der Waals surface area (Å²) in [5, 5.41) is 0.982. The van der Waals surface area contributed by atoms with Crippen LogP contribution in [-0.4, -0.2) is 5.91 Å². The molecule has 0 unspecified atom stereocenters. The zero-order valence-corrected chi connectivity index (χ0v) is 12.8. The van der Waals surface area contributed by atoms with Gasteiger partial charge in [-0.05, 0) is 51.9 Å². The van der Waals surface area contributed by atoms with Gasteiger partial charge in [-0.15, -0.1) is 0 Å². The molecule has 0 bridgehead atoms. The van der Waals surface area contributed by atoms with Crippen molar-refractivity contribution >= 4 is 51.7 Å². The van der Waals surface area contributed by atoms with Crippen LogP contribution < -0.4 is 5.73 Å². The molecule has 0 aliphatic heterocycles. The molecule has 2 aromatic rings. The number of hydrogen-bond donors (Lipinski definition) is 1. The summed E-state index contributed by atoms with van der Waals surface area (Å²) in [7, 11) is 0. The maximum absolute atomic E-state index is 11.3. The van der Waals surface area contributed by atoms with E-state index in [0.29, 0.717) is 15.6 Å². The molecule has 0 fully saturated rings. The van der Waals surface area contributed by atoms with Crippen LogP contribution in [0.25, 0.3) is 11.1 Å². The Bertz CT molecular complexity index is 628. The van der Waals surface area contributed by atoms with E-state index < -0.39 is 5.91 Å². The van der Waals surface area contributed by atoms with E-state index in [1.165, 1.54) is 0 Å². The molecule has 2 N–H and O–H groups in total. The fourth-order valence-corrected chi connectivity index (χ4v) is 2.84. The fraction of sp³-hybridized carbons (Fsp3) is 0. The first-order chi connectivity index (χ1) is 8.50. The van der Waals surface area contributed by atoms with Crippen molar-refractivity contribution < 1.29 is 4.79 Å². The van der Waals surface area contributed by atoms with Crippen molar-refractivity contribution in [3.8, 4) is 11.1 Å². The third-order valence-corrected chi connectivity index (χ3v) is 4.40. The largest absolute Gasteiger partial charge is 0.366 e. The van der Waals surface area contributed by atoms with Crippen molar-refractivity contribution in [3.05, 3.63) is 55.6 Å². The van der Waals surface area contributed by atoms with Crippen LogP contribution >= 0.6 is 45.8 Å². The lowest BCUT2D eigenvalue weighted by Crippen LogP contribution is -2.13. The highest BCUT2D eigenvalue weighted by Gasteiger charge is 2.12. The third kappa shape index (κ3) is 2.63.